The number of rotatable bonds is 6. The molecule has 0 spiro atoms. The number of hydrogen-bond acceptors (Lipinski definition) is 6. The second-order valence-electron chi connectivity index (χ2n) is 8.14. The Morgan fingerprint density at radius 1 is 1.19 bits per heavy atom. The average Bonchev–Trinajstić information content (AvgIpc) is 3.54. The number of aliphatic imine (C=N–C) groups is 1. The van der Waals surface area contributed by atoms with Crippen LogP contribution < -0.4 is 15.4 Å². The monoisotopic (exact) mass is 496 g/mol. The number of anilines is 1. The van der Waals surface area contributed by atoms with Gasteiger partial charge in [-0.05, 0) is 23.8 Å². The first-order chi connectivity index (χ1) is 17.3. The fourth-order valence-electron chi connectivity index (χ4n) is 4.20. The number of H-pyrrole nitrogens is 1. The summed E-state index contributed by atoms with van der Waals surface area (Å²) in [4.78, 5) is 33.5. The van der Waals surface area contributed by atoms with Crippen LogP contribution in [-0.2, 0) is 17.6 Å². The molecule has 1 unspecified atom stereocenters. The Balaban J connectivity index is 1.48. The SMILES string of the molecule is O=C1CC(c2ccc(OCc3ccccc3C(F)(F)F)c(C(=O)Nc3ncn[nH]3)c2)C2=CCN=C2N1. The number of amides is 2. The summed E-state index contributed by atoms with van der Waals surface area (Å²) in [6, 6.07) is 9.85. The highest BCUT2D eigenvalue weighted by atomic mass is 19.4. The van der Waals surface area contributed by atoms with Crippen molar-refractivity contribution in [2.24, 2.45) is 4.99 Å². The van der Waals surface area contributed by atoms with E-state index in [-0.39, 0.29) is 41.1 Å². The molecular formula is C24H19F3N6O3. The molecule has 1 saturated heterocycles. The van der Waals surface area contributed by atoms with Gasteiger partial charge in [0.25, 0.3) is 5.91 Å². The molecule has 5 rings (SSSR count). The molecule has 0 aliphatic carbocycles. The molecule has 9 nitrogen and oxygen atoms in total. The molecule has 1 atom stereocenters. The molecule has 36 heavy (non-hydrogen) atoms. The molecule has 1 aromatic heterocycles. The van der Waals surface area contributed by atoms with Gasteiger partial charge in [-0.25, -0.2) is 5.10 Å². The zero-order chi connectivity index (χ0) is 25.3. The maximum atomic E-state index is 13.4. The first-order valence-electron chi connectivity index (χ1n) is 10.9. The van der Waals surface area contributed by atoms with Crippen LogP contribution in [0.4, 0.5) is 19.1 Å². The summed E-state index contributed by atoms with van der Waals surface area (Å²) in [5.74, 6) is -0.479. The summed E-state index contributed by atoms with van der Waals surface area (Å²) in [5.41, 5.74) is 0.691. The Morgan fingerprint density at radius 3 is 2.81 bits per heavy atom. The fraction of sp³-hybridized carbons (Fsp3) is 0.208. The second-order valence-corrected chi connectivity index (χ2v) is 8.14. The Kier molecular flexibility index (Phi) is 6.00. The first-order valence-corrected chi connectivity index (χ1v) is 10.9. The lowest BCUT2D eigenvalue weighted by molar-refractivity contribution is -0.138. The third kappa shape index (κ3) is 4.69. The predicted molar refractivity (Wildman–Crippen MR) is 122 cm³/mol. The van der Waals surface area contributed by atoms with E-state index in [2.05, 4.69) is 30.8 Å². The molecule has 0 bridgehead atoms. The van der Waals surface area contributed by atoms with Crippen LogP contribution in [-0.4, -0.2) is 39.4 Å². The van der Waals surface area contributed by atoms with E-state index in [9.17, 15) is 22.8 Å². The normalized spacial score (nSPS) is 17.1. The van der Waals surface area contributed by atoms with E-state index in [0.29, 0.717) is 17.9 Å². The van der Waals surface area contributed by atoms with Crippen molar-refractivity contribution >= 4 is 23.6 Å². The van der Waals surface area contributed by atoms with Crippen molar-refractivity contribution in [3.63, 3.8) is 0 Å². The number of halogens is 3. The number of piperidine rings is 1. The van der Waals surface area contributed by atoms with Gasteiger partial charge in [0.05, 0.1) is 17.7 Å². The zero-order valence-corrected chi connectivity index (χ0v) is 18.6. The van der Waals surface area contributed by atoms with Crippen LogP contribution >= 0.6 is 0 Å². The van der Waals surface area contributed by atoms with Gasteiger partial charge in [-0.1, -0.05) is 30.3 Å². The maximum absolute atomic E-state index is 13.4. The third-order valence-corrected chi connectivity index (χ3v) is 5.86. The number of nitrogens with one attached hydrogen (secondary N) is 3. The largest absolute Gasteiger partial charge is 0.488 e. The van der Waals surface area contributed by atoms with Gasteiger partial charge in [0.2, 0.25) is 11.9 Å². The molecular weight excluding hydrogens is 477 g/mol. The van der Waals surface area contributed by atoms with Crippen molar-refractivity contribution in [2.75, 3.05) is 11.9 Å². The van der Waals surface area contributed by atoms with Crippen molar-refractivity contribution in [3.05, 3.63) is 82.7 Å². The van der Waals surface area contributed by atoms with E-state index in [1.54, 1.807) is 12.1 Å². The molecule has 12 heteroatoms. The number of alkyl halides is 3. The van der Waals surface area contributed by atoms with Crippen molar-refractivity contribution in [3.8, 4) is 5.75 Å². The molecule has 3 heterocycles. The number of ether oxygens (including phenoxy) is 1. The fourth-order valence-corrected chi connectivity index (χ4v) is 4.20. The summed E-state index contributed by atoms with van der Waals surface area (Å²) in [7, 11) is 0. The molecule has 0 radical (unpaired) electrons. The minimum absolute atomic E-state index is 0.0662. The summed E-state index contributed by atoms with van der Waals surface area (Å²) >= 11 is 0. The summed E-state index contributed by atoms with van der Waals surface area (Å²) in [6.07, 6.45) is -1.27. The standard InChI is InChI=1S/C24H19F3N6O3/c25-24(26,27)18-4-2-1-3-14(18)11-36-19-6-5-13(9-17(19)22(35)32-23-29-12-30-33-23)16-10-20(34)31-21-15(16)7-8-28-21/h1-7,9,12,16H,8,10-11H2,(H,28,31,34)(H2,29,30,32,33,35). The van der Waals surface area contributed by atoms with Crippen molar-refractivity contribution in [2.45, 2.75) is 25.1 Å². The van der Waals surface area contributed by atoms with Gasteiger partial charge in [0, 0.05) is 23.5 Å². The molecule has 2 aliphatic heterocycles. The number of benzene rings is 2. The highest BCUT2D eigenvalue weighted by molar-refractivity contribution is 6.13. The Morgan fingerprint density at radius 2 is 2.03 bits per heavy atom. The van der Waals surface area contributed by atoms with E-state index >= 15 is 0 Å². The molecule has 3 N–H and O–H groups in total. The number of carbonyl (C=O) groups is 2. The van der Waals surface area contributed by atoms with E-state index in [0.717, 1.165) is 11.6 Å². The Hall–Kier alpha value is -4.48. The van der Waals surface area contributed by atoms with E-state index in [1.165, 1.54) is 30.6 Å². The topological polar surface area (TPSA) is 121 Å². The van der Waals surface area contributed by atoms with Gasteiger partial charge in [0.15, 0.2) is 0 Å². The number of carbonyl (C=O) groups excluding carboxylic acids is 2. The lowest BCUT2D eigenvalue weighted by Crippen LogP contribution is -2.39. The Bertz CT molecular complexity index is 1380. The number of nitrogens with zero attached hydrogens (tertiary/aromatic N) is 3. The molecule has 1 fully saturated rings. The highest BCUT2D eigenvalue weighted by Crippen LogP contribution is 2.36. The van der Waals surface area contributed by atoms with Crippen LogP contribution in [0, 0.1) is 0 Å². The smallest absolute Gasteiger partial charge is 0.416 e. The number of amidine groups is 1. The van der Waals surface area contributed by atoms with Gasteiger partial charge in [-0.15, -0.1) is 0 Å². The average molecular weight is 496 g/mol. The van der Waals surface area contributed by atoms with Crippen LogP contribution in [0.15, 0.2) is 65.4 Å². The predicted octanol–water partition coefficient (Wildman–Crippen LogP) is 3.60. The number of hydrogen-bond donors (Lipinski definition) is 3. The number of aromatic amines is 1. The lowest BCUT2D eigenvalue weighted by Gasteiger charge is -2.26. The summed E-state index contributed by atoms with van der Waals surface area (Å²) in [5, 5.41) is 11.5. The van der Waals surface area contributed by atoms with Gasteiger partial charge in [0.1, 0.15) is 24.5 Å². The third-order valence-electron chi connectivity index (χ3n) is 5.86. The van der Waals surface area contributed by atoms with Gasteiger partial charge >= 0.3 is 6.18 Å². The molecule has 0 saturated carbocycles. The molecule has 2 aromatic carbocycles. The van der Waals surface area contributed by atoms with Crippen molar-refractivity contribution in [1.29, 1.82) is 0 Å². The van der Waals surface area contributed by atoms with Gasteiger partial charge in [-0.2, -0.15) is 23.3 Å². The second kappa shape index (κ2) is 9.29. The van der Waals surface area contributed by atoms with Crippen LogP contribution in [0.1, 0.15) is 39.4 Å². The molecule has 2 amide bonds. The molecule has 3 aromatic rings. The van der Waals surface area contributed by atoms with Crippen LogP contribution in [0.25, 0.3) is 0 Å². The first kappa shape index (κ1) is 23.3. The van der Waals surface area contributed by atoms with Gasteiger partial charge < -0.3 is 10.1 Å². The van der Waals surface area contributed by atoms with E-state index in [1.807, 2.05) is 6.08 Å². The number of aromatic nitrogens is 3. The Labute approximate surface area is 202 Å². The molecule has 184 valence electrons. The lowest BCUT2D eigenvalue weighted by atomic mass is 9.84. The van der Waals surface area contributed by atoms with Crippen LogP contribution in [0.2, 0.25) is 0 Å². The zero-order valence-electron chi connectivity index (χ0n) is 18.6. The highest BCUT2D eigenvalue weighted by Gasteiger charge is 2.34. The molecule has 2 aliphatic rings. The minimum atomic E-state index is -4.55. The van der Waals surface area contributed by atoms with Crippen molar-refractivity contribution < 1.29 is 27.5 Å². The van der Waals surface area contributed by atoms with E-state index < -0.39 is 24.3 Å². The quantitative estimate of drug-likeness (QED) is 0.482. The van der Waals surface area contributed by atoms with Gasteiger partial charge in [-0.3, -0.25) is 19.9 Å². The van der Waals surface area contributed by atoms with Crippen molar-refractivity contribution in [1.82, 2.24) is 20.5 Å². The summed E-state index contributed by atoms with van der Waals surface area (Å²) in [6.45, 7) is 0.0332. The van der Waals surface area contributed by atoms with E-state index in [4.69, 9.17) is 4.74 Å². The maximum Gasteiger partial charge on any atom is 0.416 e. The summed E-state index contributed by atoms with van der Waals surface area (Å²) < 4.78 is 45.9. The minimum Gasteiger partial charge on any atom is -0.488 e. The van der Waals surface area contributed by atoms with Crippen LogP contribution in [0.5, 0.6) is 5.75 Å². The van der Waals surface area contributed by atoms with Crippen LogP contribution in [0.3, 0.4) is 0 Å². The number of fused-ring (bicyclic) bond motifs is 1.